The SMILES string of the molecule is CCCCN(CCCC)CC(=O)NC(C(C)=O)C(C)C. The Morgan fingerprint density at radius 2 is 1.55 bits per heavy atom. The van der Waals surface area contributed by atoms with Crippen LogP contribution in [0.25, 0.3) is 0 Å². The third kappa shape index (κ3) is 8.31. The zero-order chi connectivity index (χ0) is 15.5. The number of unbranched alkanes of at least 4 members (excludes halogenated alkanes) is 2. The highest BCUT2D eigenvalue weighted by atomic mass is 16.2. The van der Waals surface area contributed by atoms with Gasteiger partial charge in [-0.05, 0) is 38.8 Å². The van der Waals surface area contributed by atoms with Crippen molar-refractivity contribution in [3.63, 3.8) is 0 Å². The summed E-state index contributed by atoms with van der Waals surface area (Å²) in [4.78, 5) is 25.8. The van der Waals surface area contributed by atoms with Gasteiger partial charge in [0.25, 0.3) is 0 Å². The standard InChI is InChI=1S/C16H32N2O2/c1-6-8-10-18(11-9-7-2)12-15(20)17-16(13(3)4)14(5)19/h13,16H,6-12H2,1-5H3,(H,17,20). The van der Waals surface area contributed by atoms with Gasteiger partial charge >= 0.3 is 0 Å². The summed E-state index contributed by atoms with van der Waals surface area (Å²) in [5.41, 5.74) is 0. The number of nitrogens with one attached hydrogen (secondary N) is 1. The van der Waals surface area contributed by atoms with E-state index in [4.69, 9.17) is 0 Å². The van der Waals surface area contributed by atoms with E-state index < -0.39 is 0 Å². The highest BCUT2D eigenvalue weighted by molar-refractivity contribution is 5.88. The first-order valence-electron chi connectivity index (χ1n) is 7.94. The first-order valence-corrected chi connectivity index (χ1v) is 7.94. The molecule has 0 aromatic rings. The molecular formula is C16H32N2O2. The number of hydrogen-bond donors (Lipinski definition) is 1. The Kier molecular flexibility index (Phi) is 10.3. The molecule has 0 radical (unpaired) electrons. The van der Waals surface area contributed by atoms with Gasteiger partial charge in [0, 0.05) is 0 Å². The van der Waals surface area contributed by atoms with Gasteiger partial charge < -0.3 is 5.32 Å². The molecule has 0 aromatic heterocycles. The second-order valence-corrected chi connectivity index (χ2v) is 5.88. The lowest BCUT2D eigenvalue weighted by Crippen LogP contribution is -2.47. The van der Waals surface area contributed by atoms with E-state index in [2.05, 4.69) is 24.1 Å². The Morgan fingerprint density at radius 1 is 1.05 bits per heavy atom. The van der Waals surface area contributed by atoms with Crippen LogP contribution in [0.1, 0.15) is 60.3 Å². The van der Waals surface area contributed by atoms with E-state index in [0.717, 1.165) is 38.8 Å². The largest absolute Gasteiger partial charge is 0.345 e. The molecule has 20 heavy (non-hydrogen) atoms. The molecule has 0 heterocycles. The van der Waals surface area contributed by atoms with Gasteiger partial charge in [0.05, 0.1) is 12.6 Å². The van der Waals surface area contributed by atoms with Crippen LogP contribution < -0.4 is 5.32 Å². The van der Waals surface area contributed by atoms with Crippen molar-refractivity contribution in [1.29, 1.82) is 0 Å². The molecule has 0 fully saturated rings. The lowest BCUT2D eigenvalue weighted by atomic mass is 10.0. The Balaban J connectivity index is 4.37. The van der Waals surface area contributed by atoms with E-state index in [1.54, 1.807) is 0 Å². The monoisotopic (exact) mass is 284 g/mol. The van der Waals surface area contributed by atoms with E-state index >= 15 is 0 Å². The number of carbonyl (C=O) groups excluding carboxylic acids is 2. The van der Waals surface area contributed by atoms with Gasteiger partial charge in [-0.25, -0.2) is 0 Å². The van der Waals surface area contributed by atoms with Crippen LogP contribution in [0.5, 0.6) is 0 Å². The minimum absolute atomic E-state index is 0.0296. The van der Waals surface area contributed by atoms with Crippen molar-refractivity contribution in [3.05, 3.63) is 0 Å². The Bertz CT molecular complexity index is 282. The maximum absolute atomic E-state index is 12.1. The molecule has 0 aliphatic carbocycles. The lowest BCUT2D eigenvalue weighted by molar-refractivity contribution is -0.128. The van der Waals surface area contributed by atoms with Gasteiger partial charge in [0.15, 0.2) is 5.78 Å². The Labute approximate surface area is 124 Å². The molecule has 118 valence electrons. The molecule has 0 bridgehead atoms. The predicted molar refractivity (Wildman–Crippen MR) is 83.7 cm³/mol. The van der Waals surface area contributed by atoms with Crippen molar-refractivity contribution in [1.82, 2.24) is 10.2 Å². The fourth-order valence-electron chi connectivity index (χ4n) is 2.19. The molecular weight excluding hydrogens is 252 g/mol. The van der Waals surface area contributed by atoms with E-state index in [1.165, 1.54) is 6.92 Å². The quantitative estimate of drug-likeness (QED) is 0.634. The first kappa shape index (κ1) is 19.1. The van der Waals surface area contributed by atoms with Crippen LogP contribution in [0.4, 0.5) is 0 Å². The highest BCUT2D eigenvalue weighted by Gasteiger charge is 2.21. The number of Topliss-reactive ketones (excluding diaryl/α,β-unsaturated/α-hetero) is 1. The number of carbonyl (C=O) groups is 2. The van der Waals surface area contributed by atoms with Crippen molar-refractivity contribution in [2.75, 3.05) is 19.6 Å². The van der Waals surface area contributed by atoms with E-state index in [9.17, 15) is 9.59 Å². The van der Waals surface area contributed by atoms with Crippen LogP contribution in [0.15, 0.2) is 0 Å². The van der Waals surface area contributed by atoms with Crippen LogP contribution in [-0.2, 0) is 9.59 Å². The van der Waals surface area contributed by atoms with Crippen LogP contribution in [0.3, 0.4) is 0 Å². The summed E-state index contributed by atoms with van der Waals surface area (Å²) in [6.45, 7) is 12.1. The summed E-state index contributed by atoms with van der Waals surface area (Å²) in [5.74, 6) is 0.129. The van der Waals surface area contributed by atoms with Crippen LogP contribution in [0, 0.1) is 5.92 Å². The van der Waals surface area contributed by atoms with Crippen molar-refractivity contribution in [2.24, 2.45) is 5.92 Å². The molecule has 1 unspecified atom stereocenters. The fourth-order valence-corrected chi connectivity index (χ4v) is 2.19. The van der Waals surface area contributed by atoms with Crippen LogP contribution in [-0.4, -0.2) is 42.3 Å². The summed E-state index contributed by atoms with van der Waals surface area (Å²) < 4.78 is 0. The maximum atomic E-state index is 12.1. The smallest absolute Gasteiger partial charge is 0.234 e. The summed E-state index contributed by atoms with van der Waals surface area (Å²) >= 11 is 0. The minimum Gasteiger partial charge on any atom is -0.345 e. The van der Waals surface area contributed by atoms with Crippen LogP contribution >= 0.6 is 0 Å². The summed E-state index contributed by atoms with van der Waals surface area (Å²) in [5, 5.41) is 2.87. The molecule has 0 aliphatic rings. The van der Waals surface area contributed by atoms with Crippen molar-refractivity contribution in [2.45, 2.75) is 66.3 Å². The number of amides is 1. The minimum atomic E-state index is -0.360. The fraction of sp³-hybridized carbons (Fsp3) is 0.875. The Morgan fingerprint density at radius 3 is 1.90 bits per heavy atom. The van der Waals surface area contributed by atoms with Crippen molar-refractivity contribution in [3.8, 4) is 0 Å². The molecule has 0 saturated carbocycles. The van der Waals surface area contributed by atoms with Gasteiger partial charge in [0.2, 0.25) is 5.91 Å². The van der Waals surface area contributed by atoms with E-state index in [1.807, 2.05) is 13.8 Å². The van der Waals surface area contributed by atoms with Crippen molar-refractivity contribution >= 4 is 11.7 Å². The summed E-state index contributed by atoms with van der Waals surface area (Å²) in [6, 6.07) is -0.360. The molecule has 0 saturated heterocycles. The second-order valence-electron chi connectivity index (χ2n) is 5.88. The zero-order valence-electron chi connectivity index (χ0n) is 13.9. The molecule has 0 spiro atoms. The molecule has 1 amide bonds. The average molecular weight is 284 g/mol. The number of nitrogens with zero attached hydrogens (tertiary/aromatic N) is 1. The van der Waals surface area contributed by atoms with E-state index in [0.29, 0.717) is 6.54 Å². The van der Waals surface area contributed by atoms with Gasteiger partial charge in [-0.1, -0.05) is 40.5 Å². The zero-order valence-corrected chi connectivity index (χ0v) is 13.9. The summed E-state index contributed by atoms with van der Waals surface area (Å²) in [6.07, 6.45) is 4.48. The molecule has 4 heteroatoms. The van der Waals surface area contributed by atoms with Gasteiger partial charge in [-0.3, -0.25) is 14.5 Å². The van der Waals surface area contributed by atoms with Crippen LogP contribution in [0.2, 0.25) is 0 Å². The molecule has 0 aromatic carbocycles. The molecule has 0 rings (SSSR count). The number of rotatable bonds is 11. The lowest BCUT2D eigenvalue weighted by Gasteiger charge is -2.24. The molecule has 4 nitrogen and oxygen atoms in total. The van der Waals surface area contributed by atoms with Crippen molar-refractivity contribution < 1.29 is 9.59 Å². The Hall–Kier alpha value is -0.900. The van der Waals surface area contributed by atoms with Gasteiger partial charge in [-0.15, -0.1) is 0 Å². The number of ketones is 1. The predicted octanol–water partition coefficient (Wildman–Crippen LogP) is 2.62. The third-order valence-corrected chi connectivity index (χ3v) is 3.44. The highest BCUT2D eigenvalue weighted by Crippen LogP contribution is 2.04. The molecule has 0 aliphatic heterocycles. The maximum Gasteiger partial charge on any atom is 0.234 e. The average Bonchev–Trinajstić information content (AvgIpc) is 2.38. The topological polar surface area (TPSA) is 49.4 Å². The molecule has 1 atom stereocenters. The summed E-state index contributed by atoms with van der Waals surface area (Å²) in [7, 11) is 0. The molecule has 1 N–H and O–H groups in total. The third-order valence-electron chi connectivity index (χ3n) is 3.44. The normalized spacial score (nSPS) is 12.8. The second kappa shape index (κ2) is 10.8. The van der Waals surface area contributed by atoms with Gasteiger partial charge in [0.1, 0.15) is 0 Å². The van der Waals surface area contributed by atoms with E-state index in [-0.39, 0.29) is 23.7 Å². The van der Waals surface area contributed by atoms with Gasteiger partial charge in [-0.2, -0.15) is 0 Å². The number of hydrogen-bond acceptors (Lipinski definition) is 3. The first-order chi connectivity index (χ1) is 9.42.